The van der Waals surface area contributed by atoms with Crippen LogP contribution < -0.4 is 20.6 Å². The van der Waals surface area contributed by atoms with Crippen LogP contribution >= 0.6 is 22.6 Å². The van der Waals surface area contributed by atoms with Crippen LogP contribution in [0.2, 0.25) is 0 Å². The van der Waals surface area contributed by atoms with Crippen molar-refractivity contribution >= 4 is 33.4 Å². The minimum atomic E-state index is -0.607. The van der Waals surface area contributed by atoms with Crippen molar-refractivity contribution in [3.63, 3.8) is 0 Å². The molecule has 8 nitrogen and oxygen atoms in total. The highest BCUT2D eigenvalue weighted by atomic mass is 127. The molecular formula is C28H27IN4O4. The second kappa shape index (κ2) is 10.3. The van der Waals surface area contributed by atoms with Gasteiger partial charge in [0.1, 0.15) is 6.61 Å². The number of fused-ring (bicyclic) bond motifs is 1. The molecule has 0 aliphatic rings. The van der Waals surface area contributed by atoms with Crippen LogP contribution in [0.15, 0.2) is 64.2 Å². The third-order valence-electron chi connectivity index (χ3n) is 6.52. The van der Waals surface area contributed by atoms with Crippen LogP contribution in [0.5, 0.6) is 11.5 Å². The molecule has 190 valence electrons. The molecule has 0 unspecified atom stereocenters. The summed E-state index contributed by atoms with van der Waals surface area (Å²) in [4.78, 5) is 25.7. The summed E-state index contributed by atoms with van der Waals surface area (Å²) in [5, 5.41) is 13.4. The standard InChI is InChI=1S/C28H27IN4O4/c1-4-36-22-13-19(25(23-15(2)30-32-27(23)34)24-16(3)31-33-28(24)35)12-21(29)26(22)37-14-18-10-7-9-17-8-5-6-11-20(17)18/h5-13,25H,4,14H2,1-3H3,(H2,30,32,34)(H2,31,33,35). The van der Waals surface area contributed by atoms with Crippen LogP contribution in [0, 0.1) is 17.4 Å². The van der Waals surface area contributed by atoms with Crippen LogP contribution in [0.25, 0.3) is 10.8 Å². The van der Waals surface area contributed by atoms with Crippen molar-refractivity contribution in [3.05, 3.63) is 113 Å². The Bertz CT molecular complexity index is 1640. The zero-order valence-electron chi connectivity index (χ0n) is 20.7. The highest BCUT2D eigenvalue weighted by Crippen LogP contribution is 2.40. The quantitative estimate of drug-likeness (QED) is 0.180. The van der Waals surface area contributed by atoms with Crippen LogP contribution in [-0.2, 0) is 6.61 Å². The zero-order valence-corrected chi connectivity index (χ0v) is 22.9. The number of benzene rings is 3. The fourth-order valence-electron chi connectivity index (χ4n) is 4.81. The Morgan fingerprint density at radius 3 is 2.11 bits per heavy atom. The van der Waals surface area contributed by atoms with E-state index in [0.29, 0.717) is 47.2 Å². The van der Waals surface area contributed by atoms with E-state index in [4.69, 9.17) is 9.47 Å². The maximum Gasteiger partial charge on any atom is 0.268 e. The highest BCUT2D eigenvalue weighted by molar-refractivity contribution is 14.1. The summed E-state index contributed by atoms with van der Waals surface area (Å²) in [6.45, 7) is 6.34. The normalized spacial score (nSPS) is 11.4. The van der Waals surface area contributed by atoms with E-state index >= 15 is 0 Å². The Morgan fingerprint density at radius 2 is 1.49 bits per heavy atom. The van der Waals surface area contributed by atoms with Gasteiger partial charge in [-0.15, -0.1) is 0 Å². The molecule has 0 aliphatic heterocycles. The maximum atomic E-state index is 12.8. The molecule has 9 heteroatoms. The van der Waals surface area contributed by atoms with Crippen molar-refractivity contribution in [3.8, 4) is 11.5 Å². The van der Waals surface area contributed by atoms with Crippen LogP contribution in [0.1, 0.15) is 46.5 Å². The van der Waals surface area contributed by atoms with Crippen molar-refractivity contribution in [2.75, 3.05) is 6.61 Å². The number of H-pyrrole nitrogens is 4. The molecule has 2 aromatic heterocycles. The molecule has 0 atom stereocenters. The number of nitrogens with one attached hydrogen (secondary N) is 4. The van der Waals surface area contributed by atoms with Crippen molar-refractivity contribution < 1.29 is 9.47 Å². The third-order valence-corrected chi connectivity index (χ3v) is 7.32. The molecular weight excluding hydrogens is 583 g/mol. The minimum Gasteiger partial charge on any atom is -0.490 e. The van der Waals surface area contributed by atoms with E-state index in [1.807, 2.05) is 51.1 Å². The summed E-state index contributed by atoms with van der Waals surface area (Å²) in [5.74, 6) is 0.575. The zero-order chi connectivity index (χ0) is 26.1. The lowest BCUT2D eigenvalue weighted by Gasteiger charge is -2.20. The molecule has 0 saturated carbocycles. The molecule has 0 radical (unpaired) electrons. The molecule has 0 amide bonds. The minimum absolute atomic E-state index is 0.272. The molecule has 0 aliphatic carbocycles. The lowest BCUT2D eigenvalue weighted by atomic mass is 9.85. The average Bonchev–Trinajstić information content (AvgIpc) is 3.40. The van der Waals surface area contributed by atoms with Crippen LogP contribution in [0.4, 0.5) is 0 Å². The Morgan fingerprint density at radius 1 is 0.838 bits per heavy atom. The number of aromatic nitrogens is 4. The van der Waals surface area contributed by atoms with Gasteiger partial charge in [-0.05, 0) is 77.4 Å². The van der Waals surface area contributed by atoms with Gasteiger partial charge in [-0.3, -0.25) is 19.8 Å². The summed E-state index contributed by atoms with van der Waals surface area (Å²) in [6.07, 6.45) is 0. The fourth-order valence-corrected chi connectivity index (χ4v) is 5.59. The van der Waals surface area contributed by atoms with Gasteiger partial charge in [-0.25, -0.2) is 0 Å². The Kier molecular flexibility index (Phi) is 6.96. The lowest BCUT2D eigenvalue weighted by Crippen LogP contribution is -2.20. The number of halogens is 1. The summed E-state index contributed by atoms with van der Waals surface area (Å²) in [6, 6.07) is 18.2. The first-order valence-corrected chi connectivity index (χ1v) is 13.1. The van der Waals surface area contributed by atoms with Crippen LogP contribution in [0.3, 0.4) is 0 Å². The van der Waals surface area contributed by atoms with Gasteiger partial charge in [0.05, 0.1) is 21.3 Å². The topological polar surface area (TPSA) is 116 Å². The number of aryl methyl sites for hydroxylation is 2. The molecule has 5 aromatic rings. The monoisotopic (exact) mass is 610 g/mol. The first kappa shape index (κ1) is 24.9. The predicted molar refractivity (Wildman–Crippen MR) is 152 cm³/mol. The fraction of sp³-hybridized carbons (Fsp3) is 0.214. The smallest absolute Gasteiger partial charge is 0.268 e. The molecule has 0 saturated heterocycles. The maximum absolute atomic E-state index is 12.8. The largest absolute Gasteiger partial charge is 0.490 e. The van der Waals surface area contributed by atoms with Gasteiger partial charge in [0.15, 0.2) is 11.5 Å². The molecule has 2 heterocycles. The third kappa shape index (κ3) is 4.71. The van der Waals surface area contributed by atoms with Gasteiger partial charge in [0.25, 0.3) is 11.1 Å². The average molecular weight is 610 g/mol. The second-order valence-corrected chi connectivity index (χ2v) is 10.0. The predicted octanol–water partition coefficient (Wildman–Crippen LogP) is 5.25. The number of aromatic amines is 4. The van der Waals surface area contributed by atoms with Gasteiger partial charge < -0.3 is 19.7 Å². The molecule has 0 spiro atoms. The number of rotatable bonds is 8. The SMILES string of the molecule is CCOc1cc(C(c2c(C)[nH][nH]c2=O)c2c(C)[nH][nH]c2=O)cc(I)c1OCc1cccc2ccccc12. The van der Waals surface area contributed by atoms with E-state index in [9.17, 15) is 9.59 Å². The van der Waals surface area contributed by atoms with E-state index in [-0.39, 0.29) is 11.1 Å². The van der Waals surface area contributed by atoms with Gasteiger partial charge in [0.2, 0.25) is 0 Å². The van der Waals surface area contributed by atoms with Gasteiger partial charge in [-0.1, -0.05) is 42.5 Å². The second-order valence-electron chi connectivity index (χ2n) is 8.86. The molecule has 3 aromatic carbocycles. The molecule has 0 bridgehead atoms. The number of hydrogen-bond acceptors (Lipinski definition) is 4. The van der Waals surface area contributed by atoms with Crippen molar-refractivity contribution in [2.24, 2.45) is 0 Å². The number of hydrogen-bond donors (Lipinski definition) is 4. The van der Waals surface area contributed by atoms with E-state index < -0.39 is 5.92 Å². The van der Waals surface area contributed by atoms with Crippen molar-refractivity contribution in [1.82, 2.24) is 20.4 Å². The molecule has 37 heavy (non-hydrogen) atoms. The summed E-state index contributed by atoms with van der Waals surface area (Å²) < 4.78 is 13.2. The van der Waals surface area contributed by atoms with Crippen molar-refractivity contribution in [2.45, 2.75) is 33.3 Å². The molecule has 4 N–H and O–H groups in total. The number of ether oxygens (including phenoxy) is 2. The van der Waals surface area contributed by atoms with Crippen molar-refractivity contribution in [1.29, 1.82) is 0 Å². The van der Waals surface area contributed by atoms with E-state index in [1.54, 1.807) is 0 Å². The van der Waals surface area contributed by atoms with Gasteiger partial charge in [0, 0.05) is 17.3 Å². The van der Waals surface area contributed by atoms with Gasteiger partial charge in [-0.2, -0.15) is 0 Å². The first-order chi connectivity index (χ1) is 17.9. The molecule has 5 rings (SSSR count). The van der Waals surface area contributed by atoms with E-state index in [1.165, 1.54) is 0 Å². The highest BCUT2D eigenvalue weighted by Gasteiger charge is 2.30. The first-order valence-electron chi connectivity index (χ1n) is 12.0. The lowest BCUT2D eigenvalue weighted by molar-refractivity contribution is 0.268. The van der Waals surface area contributed by atoms with Gasteiger partial charge >= 0.3 is 0 Å². The summed E-state index contributed by atoms with van der Waals surface area (Å²) >= 11 is 2.22. The van der Waals surface area contributed by atoms with E-state index in [0.717, 1.165) is 25.5 Å². The Labute approximate surface area is 226 Å². The summed E-state index contributed by atoms with van der Waals surface area (Å²) in [7, 11) is 0. The Hall–Kier alpha value is -3.73. The molecule has 0 fully saturated rings. The summed E-state index contributed by atoms with van der Waals surface area (Å²) in [5.41, 5.74) is 3.58. The van der Waals surface area contributed by atoms with Crippen LogP contribution in [-0.4, -0.2) is 27.0 Å². The van der Waals surface area contributed by atoms with E-state index in [2.05, 4.69) is 67.3 Å². The Balaban J connectivity index is 1.60.